The molecule has 0 aliphatic heterocycles. The molecule has 1 aromatic carbocycles. The van der Waals surface area contributed by atoms with E-state index in [0.29, 0.717) is 6.61 Å². The molecule has 1 rings (SSSR count). The number of hydrogen-bond acceptors (Lipinski definition) is 3. The maximum atomic E-state index is 9.10. The van der Waals surface area contributed by atoms with Crippen LogP contribution in [0.4, 0.5) is 0 Å². The largest absolute Gasteiger partial charge is 0.491 e. The van der Waals surface area contributed by atoms with Crippen molar-refractivity contribution >= 4 is 0 Å². The average Bonchev–Trinajstić information content (AvgIpc) is 2.26. The smallest absolute Gasteiger partial charge is 0.123 e. The van der Waals surface area contributed by atoms with Crippen molar-refractivity contribution in [3.05, 3.63) is 29.8 Å². The van der Waals surface area contributed by atoms with Gasteiger partial charge in [0.15, 0.2) is 0 Å². The molecule has 0 fully saturated rings. The van der Waals surface area contributed by atoms with Gasteiger partial charge in [0.1, 0.15) is 12.4 Å². The molecular weight excluding hydrogens is 214 g/mol. The molecule has 0 saturated heterocycles. The van der Waals surface area contributed by atoms with Crippen molar-refractivity contribution in [1.82, 2.24) is 0 Å². The third-order valence-corrected chi connectivity index (χ3v) is 2.61. The molecule has 0 aliphatic rings. The van der Waals surface area contributed by atoms with Gasteiger partial charge in [-0.05, 0) is 24.0 Å². The molecule has 1 aromatic rings. The van der Waals surface area contributed by atoms with E-state index >= 15 is 0 Å². The van der Waals surface area contributed by atoms with Crippen LogP contribution in [0, 0.1) is 0 Å². The van der Waals surface area contributed by atoms with E-state index in [2.05, 4.69) is 26.8 Å². The average molecular weight is 237 g/mol. The molecule has 0 spiro atoms. The highest BCUT2D eigenvalue weighted by Gasteiger charge is 2.22. The van der Waals surface area contributed by atoms with Gasteiger partial charge >= 0.3 is 0 Å². The number of aliphatic hydroxyl groups is 1. The Hall–Kier alpha value is -1.06. The van der Waals surface area contributed by atoms with E-state index in [0.717, 1.165) is 11.3 Å². The van der Waals surface area contributed by atoms with Gasteiger partial charge in [0, 0.05) is 0 Å². The number of aliphatic hydroxyl groups excluding tert-OH is 1. The highest BCUT2D eigenvalue weighted by atomic mass is 16.5. The van der Waals surface area contributed by atoms with Crippen molar-refractivity contribution in [2.24, 2.45) is 5.73 Å². The van der Waals surface area contributed by atoms with Gasteiger partial charge in [0.2, 0.25) is 0 Å². The lowest BCUT2D eigenvalue weighted by molar-refractivity contribution is 0.145. The van der Waals surface area contributed by atoms with Gasteiger partial charge in [0.25, 0.3) is 0 Å². The highest BCUT2D eigenvalue weighted by Crippen LogP contribution is 2.31. The van der Waals surface area contributed by atoms with Crippen LogP contribution in [0.2, 0.25) is 0 Å². The number of para-hydroxylation sites is 1. The van der Waals surface area contributed by atoms with Crippen LogP contribution < -0.4 is 10.5 Å². The Bertz CT molecular complexity index is 367. The summed E-state index contributed by atoms with van der Waals surface area (Å²) in [4.78, 5) is 0. The Balaban J connectivity index is 2.85. The summed E-state index contributed by atoms with van der Waals surface area (Å²) in [7, 11) is 0. The SMILES string of the molecule is CC(N)(CO)COc1ccccc1C(C)(C)C. The van der Waals surface area contributed by atoms with Crippen molar-refractivity contribution in [3.63, 3.8) is 0 Å². The van der Waals surface area contributed by atoms with E-state index in [4.69, 9.17) is 15.6 Å². The van der Waals surface area contributed by atoms with E-state index < -0.39 is 5.54 Å². The monoisotopic (exact) mass is 237 g/mol. The maximum Gasteiger partial charge on any atom is 0.123 e. The maximum absolute atomic E-state index is 9.10. The van der Waals surface area contributed by atoms with Gasteiger partial charge in [-0.2, -0.15) is 0 Å². The molecule has 0 bridgehead atoms. The summed E-state index contributed by atoms with van der Waals surface area (Å²) in [6.45, 7) is 8.41. The summed E-state index contributed by atoms with van der Waals surface area (Å²) in [5, 5.41) is 9.10. The minimum Gasteiger partial charge on any atom is -0.491 e. The minimum atomic E-state index is -0.703. The predicted molar refractivity (Wildman–Crippen MR) is 70.3 cm³/mol. The van der Waals surface area contributed by atoms with Crippen LogP contribution in [-0.4, -0.2) is 23.9 Å². The minimum absolute atomic E-state index is 0.0286. The standard InChI is InChI=1S/C14H23NO2/c1-13(2,3)11-7-5-6-8-12(11)17-10-14(4,15)9-16/h5-8,16H,9-10,15H2,1-4H3. The lowest BCUT2D eigenvalue weighted by Gasteiger charge is -2.26. The molecule has 3 N–H and O–H groups in total. The Kier molecular flexibility index (Phi) is 4.17. The number of rotatable bonds is 4. The molecule has 0 aromatic heterocycles. The summed E-state index contributed by atoms with van der Waals surface area (Å²) < 4.78 is 5.73. The lowest BCUT2D eigenvalue weighted by atomic mass is 9.86. The zero-order valence-electron chi connectivity index (χ0n) is 11.2. The van der Waals surface area contributed by atoms with Crippen molar-refractivity contribution in [2.75, 3.05) is 13.2 Å². The molecule has 0 heterocycles. The Morgan fingerprint density at radius 3 is 2.29 bits per heavy atom. The fourth-order valence-corrected chi connectivity index (χ4v) is 1.50. The first-order chi connectivity index (χ1) is 7.76. The van der Waals surface area contributed by atoms with Crippen molar-refractivity contribution in [1.29, 1.82) is 0 Å². The summed E-state index contributed by atoms with van der Waals surface area (Å²) in [5.41, 5.74) is 6.32. The molecule has 0 aliphatic carbocycles. The van der Waals surface area contributed by atoms with Crippen LogP contribution in [0.25, 0.3) is 0 Å². The van der Waals surface area contributed by atoms with Gasteiger partial charge in [-0.15, -0.1) is 0 Å². The van der Waals surface area contributed by atoms with Gasteiger partial charge < -0.3 is 15.6 Å². The molecule has 0 amide bonds. The van der Waals surface area contributed by atoms with Gasteiger partial charge in [-0.1, -0.05) is 39.0 Å². The fraction of sp³-hybridized carbons (Fsp3) is 0.571. The van der Waals surface area contributed by atoms with E-state index in [1.807, 2.05) is 18.2 Å². The van der Waals surface area contributed by atoms with Crippen LogP contribution in [0.15, 0.2) is 24.3 Å². The second-order valence-corrected chi connectivity index (χ2v) is 5.85. The van der Waals surface area contributed by atoms with E-state index in [1.165, 1.54) is 0 Å². The molecule has 0 radical (unpaired) electrons. The summed E-state index contributed by atoms with van der Waals surface area (Å²) >= 11 is 0. The molecule has 17 heavy (non-hydrogen) atoms. The quantitative estimate of drug-likeness (QED) is 0.843. The number of nitrogens with two attached hydrogens (primary N) is 1. The van der Waals surface area contributed by atoms with Crippen LogP contribution in [0.5, 0.6) is 5.75 Å². The third-order valence-electron chi connectivity index (χ3n) is 2.61. The normalized spacial score (nSPS) is 15.4. The van der Waals surface area contributed by atoms with Crippen LogP contribution in [-0.2, 0) is 5.41 Å². The van der Waals surface area contributed by atoms with Crippen molar-refractivity contribution < 1.29 is 9.84 Å². The summed E-state index contributed by atoms with van der Waals surface area (Å²) in [6.07, 6.45) is 0. The Morgan fingerprint density at radius 1 is 1.18 bits per heavy atom. The highest BCUT2D eigenvalue weighted by molar-refractivity contribution is 5.38. The lowest BCUT2D eigenvalue weighted by Crippen LogP contribution is -2.46. The van der Waals surface area contributed by atoms with Crippen molar-refractivity contribution in [2.45, 2.75) is 38.6 Å². The zero-order chi connectivity index (χ0) is 13.1. The first-order valence-electron chi connectivity index (χ1n) is 5.88. The van der Waals surface area contributed by atoms with Crippen LogP contribution >= 0.6 is 0 Å². The molecular formula is C14H23NO2. The molecule has 96 valence electrons. The number of ether oxygens (including phenoxy) is 1. The topological polar surface area (TPSA) is 55.5 Å². The number of benzene rings is 1. The van der Waals surface area contributed by atoms with E-state index in [-0.39, 0.29) is 12.0 Å². The second-order valence-electron chi connectivity index (χ2n) is 5.85. The molecule has 3 heteroatoms. The Labute approximate surface area is 104 Å². The van der Waals surface area contributed by atoms with Crippen LogP contribution in [0.1, 0.15) is 33.3 Å². The zero-order valence-corrected chi connectivity index (χ0v) is 11.2. The van der Waals surface area contributed by atoms with Crippen molar-refractivity contribution in [3.8, 4) is 5.75 Å². The fourth-order valence-electron chi connectivity index (χ4n) is 1.50. The number of hydrogen-bond donors (Lipinski definition) is 2. The summed E-state index contributed by atoms with van der Waals surface area (Å²) in [5.74, 6) is 0.838. The molecule has 1 unspecified atom stereocenters. The molecule has 0 saturated carbocycles. The Morgan fingerprint density at radius 2 is 1.76 bits per heavy atom. The molecule has 1 atom stereocenters. The first kappa shape index (κ1) is 14.0. The molecule has 3 nitrogen and oxygen atoms in total. The van der Waals surface area contributed by atoms with Gasteiger partial charge in [-0.3, -0.25) is 0 Å². The second kappa shape index (κ2) is 5.07. The van der Waals surface area contributed by atoms with Gasteiger partial charge in [0.05, 0.1) is 12.1 Å². The van der Waals surface area contributed by atoms with Gasteiger partial charge in [-0.25, -0.2) is 0 Å². The van der Waals surface area contributed by atoms with Crippen LogP contribution in [0.3, 0.4) is 0 Å². The predicted octanol–water partition coefficient (Wildman–Crippen LogP) is 2.07. The summed E-state index contributed by atoms with van der Waals surface area (Å²) in [6, 6.07) is 7.94. The van der Waals surface area contributed by atoms with E-state index in [9.17, 15) is 0 Å². The first-order valence-corrected chi connectivity index (χ1v) is 5.88. The third kappa shape index (κ3) is 4.02. The van der Waals surface area contributed by atoms with E-state index in [1.54, 1.807) is 6.92 Å².